The molecule has 7 rings (SSSR count). The maximum Gasteiger partial charge on any atom is 0.165 e. The van der Waals surface area contributed by atoms with Gasteiger partial charge in [0.05, 0.1) is 44.9 Å². The van der Waals surface area contributed by atoms with E-state index in [2.05, 4.69) is 67.6 Å². The number of hydrogen-bond acceptors (Lipinski definition) is 7. The van der Waals surface area contributed by atoms with Gasteiger partial charge in [-0.1, -0.05) is 152 Å². The van der Waals surface area contributed by atoms with E-state index in [4.69, 9.17) is 23.7 Å². The van der Waals surface area contributed by atoms with Crippen LogP contribution in [0.4, 0.5) is 0 Å². The quantitative estimate of drug-likeness (QED) is 0.0932. The Bertz CT molecular complexity index is 2080. The first kappa shape index (κ1) is 40.5. The molecule has 1 aliphatic rings. The molecule has 0 radical (unpaired) electrons. The van der Waals surface area contributed by atoms with E-state index in [0.29, 0.717) is 39.5 Å². The minimum Gasteiger partial charge on any atom is -0.494 e. The minimum absolute atomic E-state index is 0.283. The number of ether oxygens (including phenoxy) is 5. The minimum atomic E-state index is -1.54. The van der Waals surface area contributed by atoms with E-state index in [9.17, 15) is 5.11 Å². The maximum absolute atomic E-state index is 13.4. The van der Waals surface area contributed by atoms with Gasteiger partial charge >= 0.3 is 0 Å². The molecule has 5 atom stereocenters. The highest BCUT2D eigenvalue weighted by molar-refractivity contribution is 8.00. The first-order valence-corrected chi connectivity index (χ1v) is 20.7. The first-order chi connectivity index (χ1) is 28.0. The van der Waals surface area contributed by atoms with Crippen molar-refractivity contribution in [1.29, 1.82) is 0 Å². The van der Waals surface area contributed by atoms with Crippen molar-refractivity contribution >= 4 is 11.8 Å². The average molecular weight is 781 g/mol. The summed E-state index contributed by atoms with van der Waals surface area (Å²) in [6.45, 7) is 6.45. The molecule has 6 aromatic rings. The Labute approximate surface area is 341 Å². The van der Waals surface area contributed by atoms with Crippen molar-refractivity contribution in [2.75, 3.05) is 13.2 Å². The topological polar surface area (TPSA) is 66.4 Å². The summed E-state index contributed by atoms with van der Waals surface area (Å²) in [6, 6.07) is 55.1. The molecule has 6 nitrogen and oxygen atoms in total. The maximum atomic E-state index is 13.4. The van der Waals surface area contributed by atoms with Crippen molar-refractivity contribution in [2.24, 2.45) is 0 Å². The number of rotatable bonds is 18. The van der Waals surface area contributed by atoms with Gasteiger partial charge in [-0.25, -0.2) is 0 Å². The third kappa shape index (κ3) is 10.8. The molecule has 0 aromatic heterocycles. The first-order valence-electron chi connectivity index (χ1n) is 19.8. The van der Waals surface area contributed by atoms with Crippen LogP contribution in [-0.2, 0) is 56.7 Å². The molecule has 294 valence electrons. The van der Waals surface area contributed by atoms with E-state index in [1.165, 1.54) is 11.8 Å². The van der Waals surface area contributed by atoms with Gasteiger partial charge in [0.25, 0.3) is 0 Å². The Kier molecular flexibility index (Phi) is 14.3. The molecule has 1 unspecified atom stereocenters. The summed E-state index contributed by atoms with van der Waals surface area (Å²) < 4.78 is 33.0. The van der Waals surface area contributed by atoms with Crippen LogP contribution >= 0.6 is 11.8 Å². The van der Waals surface area contributed by atoms with Crippen molar-refractivity contribution < 1.29 is 28.8 Å². The van der Waals surface area contributed by atoms with Gasteiger partial charge in [-0.3, -0.25) is 0 Å². The summed E-state index contributed by atoms with van der Waals surface area (Å²) in [5.41, 5.74) is 8.32. The molecule has 0 aliphatic carbocycles. The summed E-state index contributed by atoms with van der Waals surface area (Å²) in [7, 11) is 0. The van der Waals surface area contributed by atoms with Gasteiger partial charge in [0.15, 0.2) is 4.93 Å². The molecular weight excluding hydrogens is 729 g/mol. The molecule has 1 heterocycles. The Morgan fingerprint density at radius 3 is 1.61 bits per heavy atom. The molecule has 1 aliphatic heterocycles. The van der Waals surface area contributed by atoms with E-state index in [-0.39, 0.29) is 11.9 Å². The van der Waals surface area contributed by atoms with Crippen molar-refractivity contribution in [1.82, 2.24) is 0 Å². The van der Waals surface area contributed by atoms with Crippen LogP contribution < -0.4 is 4.74 Å². The Hall–Kier alpha value is -4.73. The normalized spacial score (nSPS) is 20.6. The average Bonchev–Trinajstić information content (AvgIpc) is 3.25. The largest absolute Gasteiger partial charge is 0.494 e. The lowest BCUT2D eigenvalue weighted by Gasteiger charge is -2.50. The molecule has 57 heavy (non-hydrogen) atoms. The molecule has 1 fully saturated rings. The van der Waals surface area contributed by atoms with Gasteiger partial charge in [-0.05, 0) is 76.9 Å². The molecule has 0 saturated carbocycles. The fourth-order valence-electron chi connectivity index (χ4n) is 7.26. The van der Waals surface area contributed by atoms with Crippen LogP contribution in [0.15, 0.2) is 164 Å². The Balaban J connectivity index is 1.28. The van der Waals surface area contributed by atoms with Crippen LogP contribution in [0, 0.1) is 6.92 Å². The second-order valence-electron chi connectivity index (χ2n) is 14.5. The molecule has 0 spiro atoms. The van der Waals surface area contributed by atoms with Gasteiger partial charge < -0.3 is 28.8 Å². The molecule has 1 saturated heterocycles. The highest BCUT2D eigenvalue weighted by atomic mass is 32.2. The second-order valence-corrected chi connectivity index (χ2v) is 16.0. The summed E-state index contributed by atoms with van der Waals surface area (Å²) in [6.07, 6.45) is -1.30. The van der Waals surface area contributed by atoms with Crippen LogP contribution in [0.25, 0.3) is 0 Å². The van der Waals surface area contributed by atoms with Gasteiger partial charge in [-0.15, -0.1) is 11.8 Å². The van der Waals surface area contributed by atoms with Crippen molar-refractivity contribution in [3.8, 4) is 5.75 Å². The van der Waals surface area contributed by atoms with Crippen LogP contribution in [0.5, 0.6) is 5.75 Å². The van der Waals surface area contributed by atoms with E-state index < -0.39 is 23.2 Å². The fourth-order valence-corrected chi connectivity index (χ4v) is 8.85. The van der Waals surface area contributed by atoms with Crippen LogP contribution in [0.2, 0.25) is 0 Å². The van der Waals surface area contributed by atoms with Crippen molar-refractivity contribution in [2.45, 2.75) is 75.2 Å². The number of aryl methyl sites for hydroxylation is 1. The summed E-state index contributed by atoms with van der Waals surface area (Å²) >= 11 is 1.45. The third-order valence-corrected chi connectivity index (χ3v) is 11.9. The fraction of sp³-hybridized carbons (Fsp3) is 0.280. The lowest BCUT2D eigenvalue weighted by Crippen LogP contribution is -2.61. The molecule has 7 heteroatoms. The zero-order valence-corrected chi connectivity index (χ0v) is 33.6. The zero-order valence-electron chi connectivity index (χ0n) is 32.7. The summed E-state index contributed by atoms with van der Waals surface area (Å²) in [5, 5.41) is 13.1. The zero-order chi connectivity index (χ0) is 39.3. The van der Waals surface area contributed by atoms with E-state index in [1.807, 2.05) is 110 Å². The number of thioether (sulfide) groups is 1. The predicted molar refractivity (Wildman–Crippen MR) is 228 cm³/mol. The summed E-state index contributed by atoms with van der Waals surface area (Å²) in [5.74, 6) is 0.851. The van der Waals surface area contributed by atoms with E-state index in [1.54, 1.807) is 0 Å². The van der Waals surface area contributed by atoms with Gasteiger partial charge in [0.2, 0.25) is 0 Å². The summed E-state index contributed by atoms with van der Waals surface area (Å²) in [4.78, 5) is -1.54. The third-order valence-electron chi connectivity index (χ3n) is 10.3. The Morgan fingerprint density at radius 2 is 1.07 bits per heavy atom. The molecular formula is C50H52O6S. The lowest BCUT2D eigenvalue weighted by atomic mass is 9.90. The van der Waals surface area contributed by atoms with Crippen molar-refractivity contribution in [3.05, 3.63) is 208 Å². The molecule has 1 N–H and O–H groups in total. The number of hydrogen-bond donors (Lipinski definition) is 1. The van der Waals surface area contributed by atoms with Gasteiger partial charge in [-0.2, -0.15) is 0 Å². The SMILES string of the molecule is CCOc1ccc(Cc2cc(C3(O)S[C@H](COCc4ccccc4)[C@@H](OCc4ccccc4)[C@H](OCc4ccccc4)[C@H]3OCc3ccccc3)ccc2C)cc1. The molecule has 0 amide bonds. The predicted octanol–water partition coefficient (Wildman–Crippen LogP) is 10.2. The number of benzene rings is 6. The monoisotopic (exact) mass is 780 g/mol. The molecule has 0 bridgehead atoms. The van der Waals surface area contributed by atoms with E-state index >= 15 is 0 Å². The van der Waals surface area contributed by atoms with Crippen molar-refractivity contribution in [3.63, 3.8) is 0 Å². The van der Waals surface area contributed by atoms with Crippen LogP contribution in [-0.4, -0.2) is 41.9 Å². The Morgan fingerprint density at radius 1 is 0.561 bits per heavy atom. The second kappa shape index (κ2) is 20.1. The van der Waals surface area contributed by atoms with Crippen LogP contribution in [0.3, 0.4) is 0 Å². The smallest absolute Gasteiger partial charge is 0.165 e. The van der Waals surface area contributed by atoms with Gasteiger partial charge in [0, 0.05) is 0 Å². The lowest BCUT2D eigenvalue weighted by molar-refractivity contribution is -0.199. The highest BCUT2D eigenvalue weighted by Gasteiger charge is 2.56. The highest BCUT2D eigenvalue weighted by Crippen LogP contribution is 2.51. The molecule has 6 aromatic carbocycles. The number of aliphatic hydroxyl groups is 1. The van der Waals surface area contributed by atoms with Gasteiger partial charge in [0.1, 0.15) is 24.1 Å². The van der Waals surface area contributed by atoms with E-state index in [0.717, 1.165) is 50.3 Å². The van der Waals surface area contributed by atoms with Crippen LogP contribution in [0.1, 0.15) is 51.4 Å². The standard InChI is InChI=1S/C50H52O6S/c1-3-53-45-28-25-38(26-29-45)30-43-31-44(27-24-37(43)2)50(51)49(56-35-42-22-14-7-15-23-42)48(55-34-41-20-12-6-13-21-41)47(54-33-40-18-10-5-11-19-40)46(57-50)36-52-32-39-16-8-4-9-17-39/h4-29,31,46-49,51H,3,30,32-36H2,1-2H3/t46-,47-,48+,49-,50?/m1/s1.